The number of aromatic carboxylic acids is 1. The maximum absolute atomic E-state index is 12.5. The van der Waals surface area contributed by atoms with Gasteiger partial charge in [0.05, 0.1) is 0 Å². The number of nitrogens with zero attached hydrogens (tertiary/aromatic N) is 3. The van der Waals surface area contributed by atoms with E-state index in [0.29, 0.717) is 13.1 Å². The van der Waals surface area contributed by atoms with Gasteiger partial charge in [-0.15, -0.1) is 0 Å². The Morgan fingerprint density at radius 2 is 1.90 bits per heavy atom. The summed E-state index contributed by atoms with van der Waals surface area (Å²) in [6, 6.07) is -0.0987. The van der Waals surface area contributed by atoms with Gasteiger partial charge in [0.25, 0.3) is 10.0 Å². The zero-order valence-electron chi connectivity index (χ0n) is 11.6. The lowest BCUT2D eigenvalue weighted by Gasteiger charge is -2.25. The van der Waals surface area contributed by atoms with Crippen molar-refractivity contribution in [2.75, 3.05) is 13.1 Å². The third kappa shape index (κ3) is 2.71. The minimum atomic E-state index is -3.83. The molecule has 112 valence electrons. The van der Waals surface area contributed by atoms with Gasteiger partial charge < -0.3 is 5.11 Å². The fourth-order valence-corrected chi connectivity index (χ4v) is 3.80. The van der Waals surface area contributed by atoms with Crippen LogP contribution in [0.1, 0.15) is 49.5 Å². The summed E-state index contributed by atoms with van der Waals surface area (Å²) in [5.41, 5.74) is -0.260. The molecule has 1 fully saturated rings. The van der Waals surface area contributed by atoms with Crippen LogP contribution in [0.2, 0.25) is 0 Å². The molecule has 7 nitrogen and oxygen atoms in total. The van der Waals surface area contributed by atoms with E-state index in [2.05, 4.69) is 5.10 Å². The van der Waals surface area contributed by atoms with Crippen LogP contribution in [0.25, 0.3) is 0 Å². The number of carboxylic acid groups (broad SMARTS) is 1. The smallest absolute Gasteiger partial charge is 0.340 e. The molecule has 8 heteroatoms. The van der Waals surface area contributed by atoms with Crippen molar-refractivity contribution in [3.05, 3.63) is 11.8 Å². The van der Waals surface area contributed by atoms with E-state index in [-0.39, 0.29) is 16.6 Å². The zero-order valence-corrected chi connectivity index (χ0v) is 12.4. The topological polar surface area (TPSA) is 92.5 Å². The number of rotatable bonds is 4. The summed E-state index contributed by atoms with van der Waals surface area (Å²) in [6.45, 7) is 4.48. The van der Waals surface area contributed by atoms with Crippen LogP contribution in [0.5, 0.6) is 0 Å². The van der Waals surface area contributed by atoms with Gasteiger partial charge in [-0.2, -0.15) is 9.40 Å². The number of piperidine rings is 1. The predicted octanol–water partition coefficient (Wildman–Crippen LogP) is 1.34. The highest BCUT2D eigenvalue weighted by Gasteiger charge is 2.33. The van der Waals surface area contributed by atoms with E-state index in [9.17, 15) is 18.3 Å². The second kappa shape index (κ2) is 5.53. The van der Waals surface area contributed by atoms with Crippen molar-refractivity contribution in [3.63, 3.8) is 0 Å². The van der Waals surface area contributed by atoms with Crippen molar-refractivity contribution in [1.82, 2.24) is 14.1 Å². The molecule has 2 rings (SSSR count). The molecule has 1 N–H and O–H groups in total. The second-order valence-electron chi connectivity index (χ2n) is 5.19. The number of sulfonamides is 1. The predicted molar refractivity (Wildman–Crippen MR) is 72.2 cm³/mol. The van der Waals surface area contributed by atoms with Gasteiger partial charge in [-0.1, -0.05) is 6.42 Å². The Labute approximate surface area is 118 Å². The van der Waals surface area contributed by atoms with E-state index >= 15 is 0 Å². The van der Waals surface area contributed by atoms with E-state index in [1.54, 1.807) is 0 Å². The van der Waals surface area contributed by atoms with Gasteiger partial charge in [-0.05, 0) is 26.7 Å². The van der Waals surface area contributed by atoms with Crippen LogP contribution < -0.4 is 0 Å². The Bertz CT molecular complexity index is 600. The highest BCUT2D eigenvalue weighted by molar-refractivity contribution is 7.89. The number of hydrogen-bond donors (Lipinski definition) is 1. The van der Waals surface area contributed by atoms with E-state index in [1.165, 1.54) is 15.2 Å². The zero-order chi connectivity index (χ0) is 14.9. The summed E-state index contributed by atoms with van der Waals surface area (Å²) in [5.74, 6) is -1.27. The Hall–Kier alpha value is -1.41. The fourth-order valence-electron chi connectivity index (χ4n) is 2.20. The van der Waals surface area contributed by atoms with Crippen LogP contribution in [0.15, 0.2) is 11.2 Å². The fraction of sp³-hybridized carbons (Fsp3) is 0.667. The quantitative estimate of drug-likeness (QED) is 0.906. The van der Waals surface area contributed by atoms with Crippen molar-refractivity contribution < 1.29 is 18.3 Å². The minimum absolute atomic E-state index is 0.0987. The van der Waals surface area contributed by atoms with E-state index in [0.717, 1.165) is 19.3 Å². The number of carboxylic acids is 1. The molecule has 0 unspecified atom stereocenters. The molecule has 1 saturated heterocycles. The molecule has 2 heterocycles. The van der Waals surface area contributed by atoms with Crippen molar-refractivity contribution in [1.29, 1.82) is 0 Å². The molecule has 0 amide bonds. The summed E-state index contributed by atoms with van der Waals surface area (Å²) < 4.78 is 27.8. The Morgan fingerprint density at radius 1 is 1.30 bits per heavy atom. The lowest BCUT2D eigenvalue weighted by Crippen LogP contribution is -2.36. The molecule has 1 aromatic heterocycles. The third-order valence-corrected chi connectivity index (χ3v) is 5.19. The molecule has 0 saturated carbocycles. The van der Waals surface area contributed by atoms with Crippen molar-refractivity contribution in [2.24, 2.45) is 0 Å². The maximum atomic E-state index is 12.5. The number of aromatic nitrogens is 2. The standard InChI is InChI=1S/C12H19N3O4S/c1-9(2)15-8-10(12(16)17)11(13-15)20(18,19)14-6-4-3-5-7-14/h8-9H,3-7H2,1-2H3,(H,16,17). The maximum Gasteiger partial charge on any atom is 0.340 e. The van der Waals surface area contributed by atoms with Gasteiger partial charge >= 0.3 is 5.97 Å². The number of carbonyl (C=O) groups is 1. The van der Waals surface area contributed by atoms with Crippen LogP contribution in [-0.2, 0) is 10.0 Å². The lowest BCUT2D eigenvalue weighted by molar-refractivity contribution is 0.0692. The first-order valence-electron chi connectivity index (χ1n) is 6.66. The van der Waals surface area contributed by atoms with Crippen LogP contribution in [-0.4, -0.2) is 46.7 Å². The Morgan fingerprint density at radius 3 is 2.40 bits per heavy atom. The molecule has 0 aliphatic carbocycles. The molecule has 1 aromatic rings. The van der Waals surface area contributed by atoms with Crippen LogP contribution in [0, 0.1) is 0 Å². The minimum Gasteiger partial charge on any atom is -0.478 e. The SMILES string of the molecule is CC(C)n1cc(C(=O)O)c(S(=O)(=O)N2CCCCC2)n1. The molecule has 0 spiro atoms. The lowest BCUT2D eigenvalue weighted by atomic mass is 10.2. The van der Waals surface area contributed by atoms with Gasteiger partial charge in [0.2, 0.25) is 5.03 Å². The Kier molecular flexibility index (Phi) is 4.14. The molecule has 0 atom stereocenters. The molecule has 0 bridgehead atoms. The third-order valence-electron chi connectivity index (χ3n) is 3.36. The normalized spacial score (nSPS) is 17.6. The van der Waals surface area contributed by atoms with Crippen molar-refractivity contribution >= 4 is 16.0 Å². The highest BCUT2D eigenvalue weighted by Crippen LogP contribution is 2.23. The first-order chi connectivity index (χ1) is 9.34. The largest absolute Gasteiger partial charge is 0.478 e. The highest BCUT2D eigenvalue weighted by atomic mass is 32.2. The van der Waals surface area contributed by atoms with E-state index in [1.807, 2.05) is 13.8 Å². The van der Waals surface area contributed by atoms with Crippen molar-refractivity contribution in [3.8, 4) is 0 Å². The molecule has 1 aliphatic rings. The average molecular weight is 301 g/mol. The summed E-state index contributed by atoms with van der Waals surface area (Å²) in [6.07, 6.45) is 3.88. The first-order valence-corrected chi connectivity index (χ1v) is 8.10. The van der Waals surface area contributed by atoms with Gasteiger partial charge in [-0.3, -0.25) is 4.68 Å². The molecule has 1 aliphatic heterocycles. The molecular formula is C12H19N3O4S. The summed E-state index contributed by atoms with van der Waals surface area (Å²) in [4.78, 5) is 11.3. The van der Waals surface area contributed by atoms with E-state index in [4.69, 9.17) is 0 Å². The van der Waals surface area contributed by atoms with Crippen LogP contribution in [0.4, 0.5) is 0 Å². The van der Waals surface area contributed by atoms with Crippen LogP contribution in [0.3, 0.4) is 0 Å². The molecular weight excluding hydrogens is 282 g/mol. The first kappa shape index (κ1) is 15.0. The van der Waals surface area contributed by atoms with Crippen molar-refractivity contribution in [2.45, 2.75) is 44.2 Å². The monoisotopic (exact) mass is 301 g/mol. The van der Waals surface area contributed by atoms with Gasteiger partial charge in [0, 0.05) is 25.3 Å². The molecule has 20 heavy (non-hydrogen) atoms. The second-order valence-corrected chi connectivity index (χ2v) is 7.04. The van der Waals surface area contributed by atoms with Gasteiger partial charge in [-0.25, -0.2) is 13.2 Å². The Balaban J connectivity index is 2.46. The van der Waals surface area contributed by atoms with Gasteiger partial charge in [0.1, 0.15) is 5.56 Å². The number of hydrogen-bond acceptors (Lipinski definition) is 4. The van der Waals surface area contributed by atoms with E-state index < -0.39 is 16.0 Å². The average Bonchev–Trinajstić information content (AvgIpc) is 2.86. The molecule has 0 radical (unpaired) electrons. The summed E-state index contributed by atoms with van der Waals surface area (Å²) in [5, 5.41) is 12.8. The molecule has 0 aromatic carbocycles. The summed E-state index contributed by atoms with van der Waals surface area (Å²) in [7, 11) is -3.83. The van der Waals surface area contributed by atoms with Crippen LogP contribution >= 0.6 is 0 Å². The summed E-state index contributed by atoms with van der Waals surface area (Å²) >= 11 is 0. The van der Waals surface area contributed by atoms with Gasteiger partial charge in [0.15, 0.2) is 0 Å².